The Hall–Kier alpha value is -2.06. The van der Waals surface area contributed by atoms with E-state index in [1.807, 2.05) is 0 Å². The number of aromatic nitrogens is 2. The minimum absolute atomic E-state index is 0.493. The highest BCUT2D eigenvalue weighted by molar-refractivity contribution is 5.71. The Labute approximate surface area is 93.2 Å². The smallest absolute Gasteiger partial charge is 0.433 e. The second kappa shape index (κ2) is 4.44. The van der Waals surface area contributed by atoms with Crippen molar-refractivity contribution in [2.75, 3.05) is 12.8 Å². The molecule has 0 atom stereocenters. The SMILES string of the molecule is COc1nc(N)nc(C(F)(F)F)c1CC(=O)O. The van der Waals surface area contributed by atoms with Crippen LogP contribution in [-0.2, 0) is 17.4 Å². The monoisotopic (exact) mass is 251 g/mol. The zero-order chi connectivity index (χ0) is 13.2. The first-order valence-corrected chi connectivity index (χ1v) is 4.25. The number of carboxylic acid groups (broad SMARTS) is 1. The van der Waals surface area contributed by atoms with Crippen LogP contribution in [0.15, 0.2) is 0 Å². The van der Waals surface area contributed by atoms with Crippen LogP contribution < -0.4 is 10.5 Å². The maximum atomic E-state index is 12.6. The molecule has 0 unspecified atom stereocenters. The van der Waals surface area contributed by atoms with Gasteiger partial charge in [-0.05, 0) is 0 Å². The van der Waals surface area contributed by atoms with Crippen LogP contribution in [0.1, 0.15) is 11.3 Å². The summed E-state index contributed by atoms with van der Waals surface area (Å²) >= 11 is 0. The molecule has 3 N–H and O–H groups in total. The maximum Gasteiger partial charge on any atom is 0.433 e. The van der Waals surface area contributed by atoms with Crippen molar-refractivity contribution < 1.29 is 27.8 Å². The summed E-state index contributed by atoms with van der Waals surface area (Å²) in [4.78, 5) is 16.9. The van der Waals surface area contributed by atoms with Crippen molar-refractivity contribution >= 4 is 11.9 Å². The molecule has 0 bridgehead atoms. The number of hydrogen-bond acceptors (Lipinski definition) is 5. The van der Waals surface area contributed by atoms with Crippen molar-refractivity contribution in [3.8, 4) is 5.88 Å². The number of alkyl halides is 3. The molecule has 1 heterocycles. The standard InChI is InChI=1S/C8H8F3N3O3/c1-17-6-3(2-4(15)16)5(8(9,10)11)13-7(12)14-6/h2H2,1H3,(H,15,16)(H2,12,13,14). The molecule has 0 aromatic carbocycles. The number of carbonyl (C=O) groups is 1. The fourth-order valence-corrected chi connectivity index (χ4v) is 1.19. The van der Waals surface area contributed by atoms with Gasteiger partial charge in [0.25, 0.3) is 0 Å². The molecule has 94 valence electrons. The molecule has 0 saturated carbocycles. The summed E-state index contributed by atoms with van der Waals surface area (Å²) < 4.78 is 42.4. The molecule has 0 amide bonds. The van der Waals surface area contributed by atoms with Crippen molar-refractivity contribution in [3.05, 3.63) is 11.3 Å². The van der Waals surface area contributed by atoms with Gasteiger partial charge in [0.05, 0.1) is 19.1 Å². The predicted molar refractivity (Wildman–Crippen MR) is 49.3 cm³/mol. The minimum atomic E-state index is -4.82. The van der Waals surface area contributed by atoms with Crippen LogP contribution in [-0.4, -0.2) is 28.2 Å². The summed E-state index contributed by atoms with van der Waals surface area (Å²) in [6, 6.07) is 0. The lowest BCUT2D eigenvalue weighted by molar-refractivity contribution is -0.142. The molecule has 17 heavy (non-hydrogen) atoms. The highest BCUT2D eigenvalue weighted by Crippen LogP contribution is 2.34. The third-order valence-electron chi connectivity index (χ3n) is 1.78. The number of anilines is 1. The van der Waals surface area contributed by atoms with Crippen LogP contribution in [0.4, 0.5) is 19.1 Å². The highest BCUT2D eigenvalue weighted by atomic mass is 19.4. The number of ether oxygens (including phenoxy) is 1. The van der Waals surface area contributed by atoms with Crippen LogP contribution in [0.2, 0.25) is 0 Å². The Bertz CT molecular complexity index is 448. The first-order chi connectivity index (χ1) is 7.75. The molecule has 6 nitrogen and oxygen atoms in total. The van der Waals surface area contributed by atoms with E-state index in [1.165, 1.54) is 0 Å². The summed E-state index contributed by atoms with van der Waals surface area (Å²) in [6.07, 6.45) is -5.73. The summed E-state index contributed by atoms with van der Waals surface area (Å²) in [5.74, 6) is -2.59. The molecular formula is C8H8F3N3O3. The number of methoxy groups -OCH3 is 1. The Morgan fingerprint density at radius 3 is 2.47 bits per heavy atom. The van der Waals surface area contributed by atoms with Gasteiger partial charge < -0.3 is 15.6 Å². The van der Waals surface area contributed by atoms with E-state index in [1.54, 1.807) is 0 Å². The molecule has 0 aliphatic carbocycles. The number of rotatable bonds is 3. The Morgan fingerprint density at radius 1 is 1.47 bits per heavy atom. The van der Waals surface area contributed by atoms with Gasteiger partial charge in [-0.1, -0.05) is 0 Å². The summed E-state index contributed by atoms with van der Waals surface area (Å²) in [5, 5.41) is 8.54. The van der Waals surface area contributed by atoms with Crippen LogP contribution in [0.5, 0.6) is 5.88 Å². The van der Waals surface area contributed by atoms with Gasteiger partial charge in [0, 0.05) is 0 Å². The van der Waals surface area contributed by atoms with E-state index in [2.05, 4.69) is 14.7 Å². The van der Waals surface area contributed by atoms with Gasteiger partial charge in [0.1, 0.15) is 0 Å². The third-order valence-corrected chi connectivity index (χ3v) is 1.78. The lowest BCUT2D eigenvalue weighted by atomic mass is 10.1. The molecule has 1 aromatic rings. The molecule has 0 radical (unpaired) electrons. The van der Waals surface area contributed by atoms with E-state index >= 15 is 0 Å². The van der Waals surface area contributed by atoms with Crippen molar-refractivity contribution in [1.82, 2.24) is 9.97 Å². The molecule has 1 rings (SSSR count). The first kappa shape index (κ1) is 13.0. The van der Waals surface area contributed by atoms with Crippen LogP contribution in [0, 0.1) is 0 Å². The Kier molecular flexibility index (Phi) is 3.39. The van der Waals surface area contributed by atoms with Crippen molar-refractivity contribution in [3.63, 3.8) is 0 Å². The zero-order valence-electron chi connectivity index (χ0n) is 8.58. The molecule has 0 saturated heterocycles. The predicted octanol–water partition coefficient (Wildman–Crippen LogP) is 0.713. The van der Waals surface area contributed by atoms with Gasteiger partial charge in [-0.3, -0.25) is 4.79 Å². The average Bonchev–Trinajstić information content (AvgIpc) is 2.17. The van der Waals surface area contributed by atoms with Crippen LogP contribution >= 0.6 is 0 Å². The first-order valence-electron chi connectivity index (χ1n) is 4.25. The van der Waals surface area contributed by atoms with Gasteiger partial charge in [0.15, 0.2) is 5.69 Å². The molecule has 0 spiro atoms. The lowest BCUT2D eigenvalue weighted by Crippen LogP contribution is -2.18. The number of nitrogens with two attached hydrogens (primary N) is 1. The molecule has 0 fully saturated rings. The number of carboxylic acids is 1. The minimum Gasteiger partial charge on any atom is -0.481 e. The van der Waals surface area contributed by atoms with Crippen molar-refractivity contribution in [2.45, 2.75) is 12.6 Å². The largest absolute Gasteiger partial charge is 0.481 e. The molecule has 9 heteroatoms. The lowest BCUT2D eigenvalue weighted by Gasteiger charge is -2.13. The van der Waals surface area contributed by atoms with Gasteiger partial charge >= 0.3 is 12.1 Å². The van der Waals surface area contributed by atoms with Crippen LogP contribution in [0.25, 0.3) is 0 Å². The number of nitrogens with zero attached hydrogens (tertiary/aromatic N) is 2. The van der Waals surface area contributed by atoms with Gasteiger partial charge in [0.2, 0.25) is 11.8 Å². The summed E-state index contributed by atoms with van der Waals surface area (Å²) in [5.41, 5.74) is 3.03. The highest BCUT2D eigenvalue weighted by Gasteiger charge is 2.38. The second-order valence-corrected chi connectivity index (χ2v) is 2.99. The van der Waals surface area contributed by atoms with Gasteiger partial charge in [-0.15, -0.1) is 0 Å². The van der Waals surface area contributed by atoms with Crippen molar-refractivity contribution in [1.29, 1.82) is 0 Å². The maximum absolute atomic E-state index is 12.6. The van der Waals surface area contributed by atoms with Crippen LogP contribution in [0.3, 0.4) is 0 Å². The second-order valence-electron chi connectivity index (χ2n) is 2.99. The third kappa shape index (κ3) is 2.95. The quantitative estimate of drug-likeness (QED) is 0.821. The van der Waals surface area contributed by atoms with E-state index in [-0.39, 0.29) is 0 Å². The fourth-order valence-electron chi connectivity index (χ4n) is 1.19. The van der Waals surface area contributed by atoms with Gasteiger partial charge in [-0.25, -0.2) is 4.98 Å². The number of hydrogen-bond donors (Lipinski definition) is 2. The van der Waals surface area contributed by atoms with E-state index in [9.17, 15) is 18.0 Å². The molecular weight excluding hydrogens is 243 g/mol. The number of halogens is 3. The fraction of sp³-hybridized carbons (Fsp3) is 0.375. The van der Waals surface area contributed by atoms with Crippen molar-refractivity contribution in [2.24, 2.45) is 0 Å². The zero-order valence-corrected chi connectivity index (χ0v) is 8.58. The topological polar surface area (TPSA) is 98.3 Å². The Balaban J connectivity index is 3.44. The molecule has 1 aromatic heterocycles. The number of nitrogen functional groups attached to an aromatic ring is 1. The molecule has 0 aliphatic rings. The van der Waals surface area contributed by atoms with E-state index < -0.39 is 41.7 Å². The van der Waals surface area contributed by atoms with Gasteiger partial charge in [-0.2, -0.15) is 18.2 Å². The van der Waals surface area contributed by atoms with E-state index in [0.29, 0.717) is 0 Å². The average molecular weight is 251 g/mol. The summed E-state index contributed by atoms with van der Waals surface area (Å²) in [7, 11) is 1.06. The van der Waals surface area contributed by atoms with E-state index in [0.717, 1.165) is 7.11 Å². The Morgan fingerprint density at radius 2 is 2.06 bits per heavy atom. The van der Waals surface area contributed by atoms with E-state index in [4.69, 9.17) is 10.8 Å². The molecule has 0 aliphatic heterocycles. The number of aliphatic carboxylic acids is 1. The normalized spacial score (nSPS) is 11.3. The summed E-state index contributed by atoms with van der Waals surface area (Å²) in [6.45, 7) is 0.